The van der Waals surface area contributed by atoms with Gasteiger partial charge in [-0.05, 0) is 30.9 Å². The highest BCUT2D eigenvalue weighted by molar-refractivity contribution is 7.92. The second-order valence-electron chi connectivity index (χ2n) is 5.96. The molecule has 0 aliphatic carbocycles. The zero-order valence-corrected chi connectivity index (χ0v) is 13.9. The van der Waals surface area contributed by atoms with Gasteiger partial charge in [-0.3, -0.25) is 9.10 Å². The number of carbonyl (C=O) groups is 1. The molecular weight excluding hydrogens is 326 g/mol. The van der Waals surface area contributed by atoms with E-state index in [1.165, 1.54) is 0 Å². The van der Waals surface area contributed by atoms with Gasteiger partial charge in [0.05, 0.1) is 11.9 Å². The van der Waals surface area contributed by atoms with E-state index in [0.29, 0.717) is 19.0 Å². The molecule has 8 heteroatoms. The molecule has 1 amide bonds. The first-order chi connectivity index (χ1) is 10.7. The summed E-state index contributed by atoms with van der Waals surface area (Å²) in [5, 5.41) is 0. The third kappa shape index (κ3) is 4.40. The lowest BCUT2D eigenvalue weighted by Gasteiger charge is -2.33. The number of nitrogens with zero attached hydrogens (tertiary/aromatic N) is 2. The summed E-state index contributed by atoms with van der Waals surface area (Å²) in [6.45, 7) is 2.77. The summed E-state index contributed by atoms with van der Waals surface area (Å²) in [6.07, 6.45) is 2.83. The van der Waals surface area contributed by atoms with Gasteiger partial charge in [-0.2, -0.15) is 0 Å². The molecular formula is C15H20F2N2O3S. The number of halogens is 2. The molecule has 0 bridgehead atoms. The van der Waals surface area contributed by atoms with Gasteiger partial charge in [0, 0.05) is 19.2 Å². The van der Waals surface area contributed by atoms with Crippen molar-refractivity contribution in [3.8, 4) is 0 Å². The van der Waals surface area contributed by atoms with Crippen molar-refractivity contribution in [2.45, 2.75) is 19.8 Å². The molecule has 0 unspecified atom stereocenters. The van der Waals surface area contributed by atoms with Crippen LogP contribution in [-0.2, 0) is 14.8 Å². The summed E-state index contributed by atoms with van der Waals surface area (Å²) in [5.41, 5.74) is -0.0650. The Hall–Kier alpha value is -1.70. The molecule has 1 aromatic carbocycles. The van der Waals surface area contributed by atoms with E-state index in [1.54, 1.807) is 4.90 Å². The van der Waals surface area contributed by atoms with Crippen LogP contribution < -0.4 is 4.31 Å². The number of likely N-dealkylation sites (tertiary alicyclic amines) is 1. The van der Waals surface area contributed by atoms with Gasteiger partial charge in [-0.25, -0.2) is 17.2 Å². The van der Waals surface area contributed by atoms with Gasteiger partial charge >= 0.3 is 0 Å². The standard InChI is InChI=1S/C15H20F2N2O3S/c1-11-4-3-7-18(9-11)15(20)10-19(23(2,21)22)12-5-6-13(16)14(17)8-12/h5-6,8,11H,3-4,7,9-10H2,1-2H3/t11-/m0/s1. The molecule has 0 spiro atoms. The van der Waals surface area contributed by atoms with Crippen LogP contribution in [0.4, 0.5) is 14.5 Å². The molecule has 1 fully saturated rings. The Kier molecular flexibility index (Phi) is 5.23. The van der Waals surface area contributed by atoms with Crippen molar-refractivity contribution in [2.24, 2.45) is 5.92 Å². The average Bonchev–Trinajstić information content (AvgIpc) is 2.46. The number of hydrogen-bond acceptors (Lipinski definition) is 3. The minimum absolute atomic E-state index is 0.0650. The van der Waals surface area contributed by atoms with E-state index in [9.17, 15) is 22.0 Å². The van der Waals surface area contributed by atoms with Crippen molar-refractivity contribution in [1.29, 1.82) is 0 Å². The topological polar surface area (TPSA) is 57.7 Å². The molecule has 1 aliphatic rings. The number of rotatable bonds is 4. The van der Waals surface area contributed by atoms with E-state index in [0.717, 1.165) is 41.6 Å². The predicted octanol–water partition coefficient (Wildman–Crippen LogP) is 1.99. The molecule has 23 heavy (non-hydrogen) atoms. The number of sulfonamides is 1. The van der Waals surface area contributed by atoms with E-state index < -0.39 is 28.2 Å². The number of amides is 1. The summed E-state index contributed by atoms with van der Waals surface area (Å²) >= 11 is 0. The Morgan fingerprint density at radius 3 is 2.61 bits per heavy atom. The Bertz CT molecular complexity index is 694. The highest BCUT2D eigenvalue weighted by Crippen LogP contribution is 2.22. The maximum Gasteiger partial charge on any atom is 0.243 e. The molecule has 0 aromatic heterocycles. The van der Waals surface area contributed by atoms with E-state index in [2.05, 4.69) is 0 Å². The van der Waals surface area contributed by atoms with Gasteiger partial charge < -0.3 is 4.90 Å². The van der Waals surface area contributed by atoms with Crippen molar-refractivity contribution >= 4 is 21.6 Å². The Morgan fingerprint density at radius 2 is 2.04 bits per heavy atom. The van der Waals surface area contributed by atoms with Gasteiger partial charge in [0.1, 0.15) is 6.54 Å². The van der Waals surface area contributed by atoms with E-state index in [-0.39, 0.29) is 11.6 Å². The molecule has 128 valence electrons. The lowest BCUT2D eigenvalue weighted by molar-refractivity contribution is -0.131. The first-order valence-corrected chi connectivity index (χ1v) is 9.24. The lowest BCUT2D eigenvalue weighted by atomic mass is 10.0. The third-order valence-corrected chi connectivity index (χ3v) is 5.02. The highest BCUT2D eigenvalue weighted by Gasteiger charge is 2.27. The number of hydrogen-bond donors (Lipinski definition) is 0. The summed E-state index contributed by atoms with van der Waals surface area (Å²) in [6, 6.07) is 2.77. The largest absolute Gasteiger partial charge is 0.341 e. The van der Waals surface area contributed by atoms with E-state index >= 15 is 0 Å². The normalized spacial score (nSPS) is 18.8. The number of anilines is 1. The van der Waals surface area contributed by atoms with E-state index in [1.807, 2.05) is 6.92 Å². The molecule has 1 aliphatic heterocycles. The van der Waals surface area contributed by atoms with Gasteiger partial charge in [0.15, 0.2) is 11.6 Å². The maximum atomic E-state index is 13.4. The van der Waals surface area contributed by atoms with Crippen LogP contribution in [0.15, 0.2) is 18.2 Å². The van der Waals surface area contributed by atoms with Gasteiger partial charge in [0.2, 0.25) is 15.9 Å². The summed E-state index contributed by atoms with van der Waals surface area (Å²) in [7, 11) is -3.80. The SMILES string of the molecule is C[C@H]1CCCN(C(=O)CN(c2ccc(F)c(F)c2)S(C)(=O)=O)C1. The fraction of sp³-hybridized carbons (Fsp3) is 0.533. The quantitative estimate of drug-likeness (QED) is 0.838. The molecule has 0 saturated carbocycles. The van der Waals surface area contributed by atoms with Crippen LogP contribution in [0.1, 0.15) is 19.8 Å². The molecule has 1 aromatic rings. The van der Waals surface area contributed by atoms with Crippen molar-refractivity contribution in [3.63, 3.8) is 0 Å². The maximum absolute atomic E-state index is 13.4. The highest BCUT2D eigenvalue weighted by atomic mass is 32.2. The molecule has 0 radical (unpaired) electrons. The molecule has 1 atom stereocenters. The van der Waals surface area contributed by atoms with Gasteiger partial charge in [0.25, 0.3) is 0 Å². The van der Waals surface area contributed by atoms with Gasteiger partial charge in [-0.1, -0.05) is 6.92 Å². The van der Waals surface area contributed by atoms with Crippen LogP contribution in [0.3, 0.4) is 0 Å². The van der Waals surface area contributed by atoms with Gasteiger partial charge in [-0.15, -0.1) is 0 Å². The smallest absolute Gasteiger partial charge is 0.243 e. The minimum atomic E-state index is -3.80. The molecule has 2 rings (SSSR count). The molecule has 5 nitrogen and oxygen atoms in total. The summed E-state index contributed by atoms with van der Waals surface area (Å²) in [4.78, 5) is 14.0. The fourth-order valence-corrected chi connectivity index (χ4v) is 3.52. The van der Waals surface area contributed by atoms with Crippen molar-refractivity contribution in [2.75, 3.05) is 30.2 Å². The monoisotopic (exact) mass is 346 g/mol. The Labute approximate surface area is 134 Å². The summed E-state index contributed by atoms with van der Waals surface area (Å²) < 4.78 is 51.1. The molecule has 1 saturated heterocycles. The van der Waals surface area contributed by atoms with Crippen LogP contribution >= 0.6 is 0 Å². The molecule has 1 heterocycles. The van der Waals surface area contributed by atoms with Crippen LogP contribution in [-0.4, -0.2) is 45.1 Å². The van der Waals surface area contributed by atoms with Crippen LogP contribution in [0.5, 0.6) is 0 Å². The zero-order chi connectivity index (χ0) is 17.2. The first-order valence-electron chi connectivity index (χ1n) is 7.39. The number of carbonyl (C=O) groups excluding carboxylic acids is 1. The van der Waals surface area contributed by atoms with Crippen molar-refractivity contribution in [1.82, 2.24) is 4.90 Å². The summed E-state index contributed by atoms with van der Waals surface area (Å²) in [5.74, 6) is -2.21. The number of benzene rings is 1. The minimum Gasteiger partial charge on any atom is -0.341 e. The third-order valence-electron chi connectivity index (χ3n) is 3.88. The van der Waals surface area contributed by atoms with Crippen molar-refractivity contribution < 1.29 is 22.0 Å². The zero-order valence-electron chi connectivity index (χ0n) is 13.1. The second-order valence-corrected chi connectivity index (χ2v) is 7.86. The first kappa shape index (κ1) is 17.7. The Morgan fingerprint density at radius 1 is 1.35 bits per heavy atom. The average molecular weight is 346 g/mol. The van der Waals surface area contributed by atoms with Crippen LogP contribution in [0.25, 0.3) is 0 Å². The Balaban J connectivity index is 2.22. The lowest BCUT2D eigenvalue weighted by Crippen LogP contribution is -2.46. The molecule has 0 N–H and O–H groups in total. The fourth-order valence-electron chi connectivity index (χ4n) is 2.68. The number of piperidine rings is 1. The van der Waals surface area contributed by atoms with E-state index in [4.69, 9.17) is 0 Å². The van der Waals surface area contributed by atoms with Crippen LogP contribution in [0.2, 0.25) is 0 Å². The van der Waals surface area contributed by atoms with Crippen LogP contribution in [0, 0.1) is 17.6 Å². The second kappa shape index (κ2) is 6.82. The van der Waals surface area contributed by atoms with Crippen molar-refractivity contribution in [3.05, 3.63) is 29.8 Å². The predicted molar refractivity (Wildman–Crippen MR) is 83.5 cm³/mol.